The number of hydrogen-bond donors (Lipinski definition) is 1. The minimum absolute atomic E-state index is 0.122. The fourth-order valence-electron chi connectivity index (χ4n) is 1.59. The fraction of sp³-hybridized carbons (Fsp3) is 0.364. The van der Waals surface area contributed by atoms with E-state index in [0.29, 0.717) is 10.9 Å². The third-order valence-corrected chi connectivity index (χ3v) is 4.26. The number of aryl methyl sites for hydroxylation is 1. The number of primary sulfonamides is 1. The zero-order valence-electron chi connectivity index (χ0n) is 10.1. The molecule has 0 amide bonds. The number of carbonyl (C=O) groups is 1. The second-order valence-electron chi connectivity index (χ2n) is 3.73. The summed E-state index contributed by atoms with van der Waals surface area (Å²) in [6.07, 6.45) is 1.47. The molecule has 0 spiro atoms. The van der Waals surface area contributed by atoms with Gasteiger partial charge in [-0.3, -0.25) is 0 Å². The Bertz CT molecular complexity index is 569. The minimum Gasteiger partial charge on any atom is -0.465 e. The molecule has 2 N–H and O–H groups in total. The largest absolute Gasteiger partial charge is 0.465 e. The Hall–Kier alpha value is -0.920. The Labute approximate surface area is 114 Å². The molecule has 1 aromatic carbocycles. The van der Waals surface area contributed by atoms with Crippen LogP contribution < -0.4 is 5.14 Å². The van der Waals surface area contributed by atoms with Gasteiger partial charge in [-0.15, -0.1) is 0 Å². The van der Waals surface area contributed by atoms with Crippen LogP contribution in [0, 0.1) is 0 Å². The maximum Gasteiger partial charge on any atom is 0.338 e. The average Bonchev–Trinajstić information content (AvgIpc) is 2.27. The standard InChI is InChI=1S/C11H14BrNO4S/c1-3-4-7-5-9(12)10(18(13,15)16)6-8(7)11(14)17-2/h5-6H,3-4H2,1-2H3,(H2,13,15,16). The molecule has 1 aromatic rings. The molecule has 0 radical (unpaired) electrons. The van der Waals surface area contributed by atoms with E-state index in [0.717, 1.165) is 12.0 Å². The second kappa shape index (κ2) is 5.81. The number of carbonyl (C=O) groups excluding carboxylic acids is 1. The van der Waals surface area contributed by atoms with Gasteiger partial charge in [0.15, 0.2) is 0 Å². The van der Waals surface area contributed by atoms with Gasteiger partial charge in [-0.2, -0.15) is 0 Å². The molecule has 0 aliphatic heterocycles. The topological polar surface area (TPSA) is 86.5 Å². The lowest BCUT2D eigenvalue weighted by molar-refractivity contribution is 0.0599. The second-order valence-corrected chi connectivity index (χ2v) is 6.11. The average molecular weight is 336 g/mol. The van der Waals surface area contributed by atoms with Crippen molar-refractivity contribution in [1.29, 1.82) is 0 Å². The van der Waals surface area contributed by atoms with E-state index in [9.17, 15) is 13.2 Å². The Morgan fingerprint density at radius 1 is 1.44 bits per heavy atom. The SMILES string of the molecule is CCCc1cc(Br)c(S(N)(=O)=O)cc1C(=O)OC. The summed E-state index contributed by atoms with van der Waals surface area (Å²) in [5.41, 5.74) is 0.954. The summed E-state index contributed by atoms with van der Waals surface area (Å²) in [7, 11) is -2.64. The molecule has 0 unspecified atom stereocenters. The number of halogens is 1. The van der Waals surface area contributed by atoms with Crippen molar-refractivity contribution in [3.05, 3.63) is 27.7 Å². The number of ether oxygens (including phenoxy) is 1. The highest BCUT2D eigenvalue weighted by Gasteiger charge is 2.20. The number of hydrogen-bond acceptors (Lipinski definition) is 4. The van der Waals surface area contributed by atoms with E-state index in [1.165, 1.54) is 13.2 Å². The Kier molecular flexibility index (Phi) is 4.89. The maximum atomic E-state index is 11.6. The van der Waals surface area contributed by atoms with Gasteiger partial charge < -0.3 is 4.74 Å². The Morgan fingerprint density at radius 2 is 2.06 bits per heavy atom. The van der Waals surface area contributed by atoms with Gasteiger partial charge in [-0.1, -0.05) is 13.3 Å². The van der Waals surface area contributed by atoms with Gasteiger partial charge in [-0.05, 0) is 40.0 Å². The number of rotatable bonds is 4. The molecular formula is C11H14BrNO4S. The van der Waals surface area contributed by atoms with Crippen molar-refractivity contribution in [1.82, 2.24) is 0 Å². The molecule has 1 rings (SSSR count). The lowest BCUT2D eigenvalue weighted by Gasteiger charge is -2.10. The van der Waals surface area contributed by atoms with Crippen LogP contribution in [0.2, 0.25) is 0 Å². The summed E-state index contributed by atoms with van der Waals surface area (Å²) in [6, 6.07) is 2.84. The van der Waals surface area contributed by atoms with Gasteiger partial charge in [0.05, 0.1) is 17.6 Å². The summed E-state index contributed by atoms with van der Waals surface area (Å²) in [5, 5.41) is 5.08. The fourth-order valence-corrected chi connectivity index (χ4v) is 3.27. The molecule has 5 nitrogen and oxygen atoms in total. The number of sulfonamides is 1. The normalized spacial score (nSPS) is 11.3. The molecule has 100 valence electrons. The highest BCUT2D eigenvalue weighted by atomic mass is 79.9. The van der Waals surface area contributed by atoms with Crippen LogP contribution >= 0.6 is 15.9 Å². The first-order chi connectivity index (χ1) is 8.31. The first kappa shape index (κ1) is 15.1. The molecule has 0 saturated carbocycles. The predicted octanol–water partition coefficient (Wildman–Crippen LogP) is 1.84. The van der Waals surface area contributed by atoms with Gasteiger partial charge in [0.2, 0.25) is 10.0 Å². The molecule has 0 aliphatic rings. The van der Waals surface area contributed by atoms with E-state index < -0.39 is 16.0 Å². The quantitative estimate of drug-likeness (QED) is 0.850. The van der Waals surface area contributed by atoms with Crippen molar-refractivity contribution >= 4 is 31.9 Å². The van der Waals surface area contributed by atoms with Crippen LogP contribution in [0.5, 0.6) is 0 Å². The first-order valence-electron chi connectivity index (χ1n) is 5.24. The van der Waals surface area contributed by atoms with E-state index in [1.54, 1.807) is 6.07 Å². The highest BCUT2D eigenvalue weighted by molar-refractivity contribution is 9.10. The highest BCUT2D eigenvalue weighted by Crippen LogP contribution is 2.26. The summed E-state index contributed by atoms with van der Waals surface area (Å²) in [5.74, 6) is -0.573. The molecule has 0 aliphatic carbocycles. The number of methoxy groups -OCH3 is 1. The van der Waals surface area contributed by atoms with Crippen LogP contribution in [0.4, 0.5) is 0 Å². The van der Waals surface area contributed by atoms with Crippen LogP contribution in [-0.4, -0.2) is 21.5 Å². The van der Waals surface area contributed by atoms with E-state index in [4.69, 9.17) is 5.14 Å². The van der Waals surface area contributed by atoms with Gasteiger partial charge in [0.25, 0.3) is 0 Å². The van der Waals surface area contributed by atoms with Crippen LogP contribution in [0.1, 0.15) is 29.3 Å². The summed E-state index contributed by atoms with van der Waals surface area (Å²) in [6.45, 7) is 1.96. The van der Waals surface area contributed by atoms with Crippen molar-refractivity contribution < 1.29 is 17.9 Å². The predicted molar refractivity (Wildman–Crippen MR) is 70.8 cm³/mol. The van der Waals surface area contributed by atoms with Crippen molar-refractivity contribution in [3.63, 3.8) is 0 Å². The monoisotopic (exact) mass is 335 g/mol. The van der Waals surface area contributed by atoms with Gasteiger partial charge >= 0.3 is 5.97 Å². The van der Waals surface area contributed by atoms with Crippen molar-refractivity contribution in [2.45, 2.75) is 24.7 Å². The lowest BCUT2D eigenvalue weighted by Crippen LogP contribution is -2.15. The molecule has 0 bridgehead atoms. The number of nitrogens with two attached hydrogens (primary N) is 1. The van der Waals surface area contributed by atoms with Crippen molar-refractivity contribution in [3.8, 4) is 0 Å². The summed E-state index contributed by atoms with van der Waals surface area (Å²) >= 11 is 3.15. The zero-order chi connectivity index (χ0) is 13.9. The molecule has 0 saturated heterocycles. The van der Waals surface area contributed by atoms with Crippen LogP contribution in [0.15, 0.2) is 21.5 Å². The van der Waals surface area contributed by atoms with E-state index in [2.05, 4.69) is 20.7 Å². The van der Waals surface area contributed by atoms with E-state index >= 15 is 0 Å². The van der Waals surface area contributed by atoms with Gasteiger partial charge in [-0.25, -0.2) is 18.4 Å². The zero-order valence-corrected chi connectivity index (χ0v) is 12.5. The van der Waals surface area contributed by atoms with E-state index in [-0.39, 0.29) is 10.5 Å². The van der Waals surface area contributed by atoms with Crippen LogP contribution in [-0.2, 0) is 21.2 Å². The van der Waals surface area contributed by atoms with Crippen LogP contribution in [0.3, 0.4) is 0 Å². The molecule has 18 heavy (non-hydrogen) atoms. The molecule has 0 atom stereocenters. The smallest absolute Gasteiger partial charge is 0.338 e. The number of esters is 1. The molecule has 0 fully saturated rings. The summed E-state index contributed by atoms with van der Waals surface area (Å²) < 4.78 is 27.8. The van der Waals surface area contributed by atoms with Crippen molar-refractivity contribution in [2.24, 2.45) is 5.14 Å². The molecular weight excluding hydrogens is 322 g/mol. The third-order valence-electron chi connectivity index (χ3n) is 2.39. The molecule has 7 heteroatoms. The molecule has 0 heterocycles. The van der Waals surface area contributed by atoms with Crippen molar-refractivity contribution in [2.75, 3.05) is 7.11 Å². The van der Waals surface area contributed by atoms with Gasteiger partial charge in [0.1, 0.15) is 0 Å². The lowest BCUT2D eigenvalue weighted by atomic mass is 10.0. The number of benzene rings is 1. The third kappa shape index (κ3) is 3.30. The Morgan fingerprint density at radius 3 is 2.50 bits per heavy atom. The van der Waals surface area contributed by atoms with Gasteiger partial charge in [0, 0.05) is 4.47 Å². The minimum atomic E-state index is -3.88. The first-order valence-corrected chi connectivity index (χ1v) is 7.58. The van der Waals surface area contributed by atoms with Crippen LogP contribution in [0.25, 0.3) is 0 Å². The molecule has 0 aromatic heterocycles. The van der Waals surface area contributed by atoms with E-state index in [1.807, 2.05) is 6.92 Å². The maximum absolute atomic E-state index is 11.6. The summed E-state index contributed by atoms with van der Waals surface area (Å²) in [4.78, 5) is 11.5. The Balaban J connectivity index is 3.50.